The highest BCUT2D eigenvalue weighted by Crippen LogP contribution is 2.33. The minimum atomic E-state index is -3.13. The highest BCUT2D eigenvalue weighted by Gasteiger charge is 2.54. The van der Waals surface area contributed by atoms with Crippen LogP contribution < -0.4 is 11.1 Å². The summed E-state index contributed by atoms with van der Waals surface area (Å²) in [6.45, 7) is 3.84. The highest BCUT2D eigenvalue weighted by molar-refractivity contribution is 6.23. The van der Waals surface area contributed by atoms with Gasteiger partial charge in [-0.25, -0.2) is 9.59 Å². The Morgan fingerprint density at radius 1 is 1.21 bits per heavy atom. The molecule has 2 atom stereocenters. The van der Waals surface area contributed by atoms with Gasteiger partial charge in [0.05, 0.1) is 13.2 Å². The van der Waals surface area contributed by atoms with Gasteiger partial charge in [0.2, 0.25) is 5.91 Å². The number of unbranched alkanes of at least 4 members (excludes halogenated alkanes) is 1. The summed E-state index contributed by atoms with van der Waals surface area (Å²) in [7, 11) is -3.13. The zero-order chi connectivity index (χ0) is 25.0. The van der Waals surface area contributed by atoms with Crippen LogP contribution in [0, 0.1) is 0 Å². The number of primary amides is 1. The van der Waals surface area contributed by atoms with Gasteiger partial charge in [0.1, 0.15) is 6.10 Å². The third-order valence-corrected chi connectivity index (χ3v) is 4.88. The molecule has 5 N–H and O–H groups in total. The Morgan fingerprint density at radius 2 is 1.82 bits per heavy atom. The van der Waals surface area contributed by atoms with Crippen molar-refractivity contribution >= 4 is 33.1 Å². The molecule has 0 radical (unpaired) electrons. The molecule has 1 aliphatic rings. The lowest BCUT2D eigenvalue weighted by atomic mass is 9.74. The molecule has 0 bridgehead atoms. The molecule has 5 amide bonds. The number of hydrogen-bond donors (Lipinski definition) is 4. The van der Waals surface area contributed by atoms with Crippen LogP contribution in [0.3, 0.4) is 0 Å². The van der Waals surface area contributed by atoms with Crippen LogP contribution in [-0.2, 0) is 28.9 Å². The summed E-state index contributed by atoms with van der Waals surface area (Å²) >= 11 is 0. The van der Waals surface area contributed by atoms with E-state index in [4.69, 9.17) is 29.3 Å². The molecular weight excluding hydrogens is 454 g/mol. The Morgan fingerprint density at radius 3 is 2.33 bits per heavy atom. The second-order valence-electron chi connectivity index (χ2n) is 7.07. The van der Waals surface area contributed by atoms with E-state index in [1.54, 1.807) is 37.3 Å². The summed E-state index contributed by atoms with van der Waals surface area (Å²) in [6, 6.07) is 7.67. The number of nitrogens with one attached hydrogen (secondary N) is 1. The van der Waals surface area contributed by atoms with Gasteiger partial charge in [-0.15, -0.1) is 0 Å². The highest BCUT2D eigenvalue weighted by atomic mass is 28.3. The molecule has 0 aliphatic carbocycles. The van der Waals surface area contributed by atoms with Gasteiger partial charge < -0.3 is 24.8 Å². The Balaban J connectivity index is 0.00000125. The van der Waals surface area contributed by atoms with Crippen LogP contribution in [0.25, 0.3) is 0 Å². The van der Waals surface area contributed by atoms with E-state index in [1.807, 2.05) is 6.92 Å². The van der Waals surface area contributed by atoms with Crippen LogP contribution in [0.4, 0.5) is 9.59 Å². The first-order chi connectivity index (χ1) is 15.6. The molecule has 1 aliphatic heterocycles. The second kappa shape index (κ2) is 13.3. The first-order valence-corrected chi connectivity index (χ1v) is 11.6. The van der Waals surface area contributed by atoms with Crippen molar-refractivity contribution in [3.63, 3.8) is 0 Å². The van der Waals surface area contributed by atoms with Gasteiger partial charge in [-0.1, -0.05) is 50.6 Å². The fourth-order valence-corrected chi connectivity index (χ4v) is 3.30. The molecule has 33 heavy (non-hydrogen) atoms. The molecule has 0 spiro atoms. The largest absolute Gasteiger partial charge is 0.761 e. The smallest absolute Gasteiger partial charge is 0.511 e. The first kappa shape index (κ1) is 27.7. The number of ether oxygens (including phenoxy) is 2. The summed E-state index contributed by atoms with van der Waals surface area (Å²) in [5.41, 5.74) is 4.05. The minimum absolute atomic E-state index is 0.0294. The molecule has 2 unspecified atom stereocenters. The maximum absolute atomic E-state index is 13.3. The number of benzene rings is 1. The molecule has 1 fully saturated rings. The van der Waals surface area contributed by atoms with E-state index in [0.717, 1.165) is 17.7 Å². The van der Waals surface area contributed by atoms with Crippen LogP contribution >= 0.6 is 0 Å². The zero-order valence-corrected chi connectivity index (χ0v) is 19.5. The number of carbonyl (C=O) groups is 4. The Labute approximate surface area is 192 Å². The Bertz CT molecular complexity index is 848. The van der Waals surface area contributed by atoms with Crippen molar-refractivity contribution in [3.8, 4) is 0 Å². The third kappa shape index (κ3) is 7.64. The summed E-state index contributed by atoms with van der Waals surface area (Å²) in [5, 5.41) is 2.25. The number of carbonyl (C=O) groups excluding carboxylic acids is 4. The van der Waals surface area contributed by atoms with Crippen molar-refractivity contribution in [2.75, 3.05) is 19.8 Å². The fourth-order valence-electron chi connectivity index (χ4n) is 3.30. The van der Waals surface area contributed by atoms with Gasteiger partial charge in [-0.3, -0.25) is 24.3 Å². The quantitative estimate of drug-likeness (QED) is 0.203. The summed E-state index contributed by atoms with van der Waals surface area (Å²) in [6.07, 6.45) is -0.0994. The van der Waals surface area contributed by atoms with Crippen LogP contribution in [0.5, 0.6) is 0 Å². The van der Waals surface area contributed by atoms with Crippen molar-refractivity contribution in [3.05, 3.63) is 35.9 Å². The normalized spacial score (nSPS) is 18.6. The number of urea groups is 1. The number of amides is 5. The lowest BCUT2D eigenvalue weighted by Gasteiger charge is -2.39. The van der Waals surface area contributed by atoms with E-state index in [1.165, 1.54) is 0 Å². The standard InChI is InChI=1S/C20H27N3O6.H2O3Si/c1-3-5-11-28-13-15(29-18(21)26)12-23-17(25)20(4-2,16(24)22-19(23)27)14-9-7-6-8-10-14;1-4(2)3/h6-10,15H,3-5,11-13H2,1-2H3,(H2,21,26)(H,22,24,27);1-2H. The van der Waals surface area contributed by atoms with Crippen molar-refractivity contribution in [2.45, 2.75) is 44.6 Å². The number of imide groups is 2. The van der Waals surface area contributed by atoms with Crippen LogP contribution in [0.1, 0.15) is 38.7 Å². The molecule has 0 aromatic heterocycles. The van der Waals surface area contributed by atoms with Gasteiger partial charge in [-0.2, -0.15) is 0 Å². The lowest BCUT2D eigenvalue weighted by Crippen LogP contribution is -2.67. The predicted molar refractivity (Wildman–Crippen MR) is 115 cm³/mol. The van der Waals surface area contributed by atoms with Crippen LogP contribution in [-0.4, -0.2) is 73.5 Å². The van der Waals surface area contributed by atoms with Crippen LogP contribution in [0.2, 0.25) is 0 Å². The van der Waals surface area contributed by atoms with Gasteiger partial charge in [0, 0.05) is 6.61 Å². The average Bonchev–Trinajstić information content (AvgIpc) is 2.74. The molecule has 13 heteroatoms. The molecule has 2 rings (SSSR count). The lowest BCUT2D eigenvalue weighted by molar-refractivity contribution is -0.146. The molecule has 1 aromatic carbocycles. The van der Waals surface area contributed by atoms with E-state index in [0.29, 0.717) is 12.2 Å². The molecule has 1 saturated heterocycles. The van der Waals surface area contributed by atoms with E-state index in [2.05, 4.69) is 5.32 Å². The molecule has 182 valence electrons. The number of nitrogens with two attached hydrogens (primary N) is 1. The topological polar surface area (TPSA) is 186 Å². The van der Waals surface area contributed by atoms with Gasteiger partial charge in [0.15, 0.2) is 5.41 Å². The number of barbiturate groups is 1. The van der Waals surface area contributed by atoms with E-state index in [-0.39, 0.29) is 19.6 Å². The molecule has 1 heterocycles. The first-order valence-electron chi connectivity index (χ1n) is 10.3. The van der Waals surface area contributed by atoms with Crippen LogP contribution in [0.15, 0.2) is 30.3 Å². The van der Waals surface area contributed by atoms with Crippen molar-refractivity contribution < 1.29 is 42.7 Å². The summed E-state index contributed by atoms with van der Waals surface area (Å²) in [5.74, 6) is -1.35. The summed E-state index contributed by atoms with van der Waals surface area (Å²) in [4.78, 5) is 64.9. The number of nitrogens with zero attached hydrogens (tertiary/aromatic N) is 1. The van der Waals surface area contributed by atoms with Gasteiger partial charge in [0.25, 0.3) is 5.91 Å². The SMILES string of the molecule is CCCCOCC(CN1C(=O)NC(=O)C(CC)(c2ccccc2)C1=O)OC(N)=O.O=[Si](O)O. The minimum Gasteiger partial charge on any atom is -0.511 e. The predicted octanol–water partition coefficient (Wildman–Crippen LogP) is 0.0798. The average molecular weight is 484 g/mol. The fraction of sp³-hybridized carbons (Fsp3) is 0.500. The maximum Gasteiger partial charge on any atom is 0.761 e. The van der Waals surface area contributed by atoms with Crippen molar-refractivity contribution in [2.24, 2.45) is 5.73 Å². The third-order valence-electron chi connectivity index (χ3n) is 4.88. The Hall–Kier alpha value is -3.32. The molecule has 0 saturated carbocycles. The van der Waals surface area contributed by atoms with Crippen molar-refractivity contribution in [1.29, 1.82) is 0 Å². The maximum atomic E-state index is 13.3. The zero-order valence-electron chi connectivity index (χ0n) is 18.5. The van der Waals surface area contributed by atoms with E-state index >= 15 is 0 Å². The molecular formula is C20H29N3O9Si. The summed E-state index contributed by atoms with van der Waals surface area (Å²) < 4.78 is 19.2. The number of hydrogen-bond acceptors (Lipinski definition) is 7. The molecule has 12 nitrogen and oxygen atoms in total. The van der Waals surface area contributed by atoms with Gasteiger partial charge in [-0.05, 0) is 18.4 Å². The van der Waals surface area contributed by atoms with Gasteiger partial charge >= 0.3 is 21.3 Å². The Kier molecular flexibility index (Phi) is 11.1. The van der Waals surface area contributed by atoms with E-state index in [9.17, 15) is 19.2 Å². The molecule has 1 aromatic rings. The van der Waals surface area contributed by atoms with Crippen molar-refractivity contribution in [1.82, 2.24) is 10.2 Å². The van der Waals surface area contributed by atoms with E-state index < -0.39 is 44.6 Å². The number of rotatable bonds is 10. The second-order valence-corrected chi connectivity index (χ2v) is 7.64. The monoisotopic (exact) mass is 483 g/mol.